The van der Waals surface area contributed by atoms with Crippen molar-refractivity contribution in [1.29, 1.82) is 0 Å². The first kappa shape index (κ1) is 20.8. The second-order valence-electron chi connectivity index (χ2n) is 8.30. The maximum Gasteiger partial charge on any atom is 0.332 e. The standard InChI is InChI=1S/C25H24N4O4/c1-4-12-26-22(30)17-7-5-6-8-20(17)29-23(31)25(2)21-16(11-13-28(25)24(29)32)18-14-15(33-3)9-10-19(18)27-21/h4-10,14,27H,1,11-13H2,2-3H3,(H,26,30). The molecule has 2 aliphatic rings. The zero-order valence-corrected chi connectivity index (χ0v) is 18.5. The summed E-state index contributed by atoms with van der Waals surface area (Å²) in [5.74, 6) is -0.0396. The molecule has 33 heavy (non-hydrogen) atoms. The lowest BCUT2D eigenvalue weighted by molar-refractivity contribution is -0.125. The average molecular weight is 444 g/mol. The van der Waals surface area contributed by atoms with E-state index < -0.39 is 17.5 Å². The quantitative estimate of drug-likeness (QED) is 0.466. The van der Waals surface area contributed by atoms with Crippen molar-refractivity contribution in [2.75, 3.05) is 25.1 Å². The number of nitrogens with zero attached hydrogens (tertiary/aromatic N) is 2. The summed E-state index contributed by atoms with van der Waals surface area (Å²) in [6, 6.07) is 11.9. The summed E-state index contributed by atoms with van der Waals surface area (Å²) in [5.41, 5.74) is 1.90. The highest BCUT2D eigenvalue weighted by molar-refractivity contribution is 6.25. The number of urea groups is 1. The number of rotatable bonds is 5. The number of aromatic amines is 1. The molecule has 2 aliphatic heterocycles. The number of hydrogen-bond donors (Lipinski definition) is 2. The van der Waals surface area contributed by atoms with E-state index in [1.165, 1.54) is 0 Å². The Bertz CT molecular complexity index is 1330. The predicted octanol–water partition coefficient (Wildman–Crippen LogP) is 3.33. The fourth-order valence-corrected chi connectivity index (χ4v) is 4.88. The Kier molecular flexibility index (Phi) is 4.74. The van der Waals surface area contributed by atoms with Gasteiger partial charge in [-0.15, -0.1) is 6.58 Å². The summed E-state index contributed by atoms with van der Waals surface area (Å²) >= 11 is 0. The van der Waals surface area contributed by atoms with E-state index in [9.17, 15) is 14.4 Å². The molecule has 0 aliphatic carbocycles. The number of carbonyl (C=O) groups is 3. The van der Waals surface area contributed by atoms with Crippen LogP contribution >= 0.6 is 0 Å². The molecular formula is C25H24N4O4. The number of hydrogen-bond acceptors (Lipinski definition) is 4. The SMILES string of the molecule is C=CCNC(=O)c1ccccc1N1C(=O)N2CCc3c([nH]c4ccc(OC)cc34)C2(C)C1=O. The number of methoxy groups -OCH3 is 1. The highest BCUT2D eigenvalue weighted by atomic mass is 16.5. The Labute approximate surface area is 190 Å². The summed E-state index contributed by atoms with van der Waals surface area (Å²) < 4.78 is 5.37. The molecule has 1 atom stereocenters. The van der Waals surface area contributed by atoms with Gasteiger partial charge in [0.1, 0.15) is 5.75 Å². The third kappa shape index (κ3) is 2.87. The van der Waals surface area contributed by atoms with Gasteiger partial charge in [0.2, 0.25) is 0 Å². The van der Waals surface area contributed by atoms with Gasteiger partial charge in [0, 0.05) is 24.0 Å². The van der Waals surface area contributed by atoms with Crippen LogP contribution in [0.25, 0.3) is 10.9 Å². The molecule has 0 spiro atoms. The van der Waals surface area contributed by atoms with Crippen molar-refractivity contribution in [3.8, 4) is 5.75 Å². The van der Waals surface area contributed by atoms with Crippen LogP contribution in [0, 0.1) is 0 Å². The molecule has 1 fully saturated rings. The van der Waals surface area contributed by atoms with Crippen molar-refractivity contribution < 1.29 is 19.1 Å². The van der Waals surface area contributed by atoms with Crippen molar-refractivity contribution in [3.05, 3.63) is 71.9 Å². The molecule has 3 heterocycles. The van der Waals surface area contributed by atoms with E-state index >= 15 is 0 Å². The maximum atomic E-state index is 13.9. The van der Waals surface area contributed by atoms with Gasteiger partial charge in [-0.05, 0) is 49.2 Å². The first-order valence-corrected chi connectivity index (χ1v) is 10.7. The van der Waals surface area contributed by atoms with Gasteiger partial charge in [-0.25, -0.2) is 9.69 Å². The number of amides is 4. The van der Waals surface area contributed by atoms with Crippen molar-refractivity contribution in [2.45, 2.75) is 18.9 Å². The highest BCUT2D eigenvalue weighted by Crippen LogP contribution is 2.46. The second-order valence-corrected chi connectivity index (χ2v) is 8.30. The van der Waals surface area contributed by atoms with Crippen LogP contribution in [0.3, 0.4) is 0 Å². The van der Waals surface area contributed by atoms with Crippen LogP contribution in [0.1, 0.15) is 28.5 Å². The Morgan fingerprint density at radius 1 is 1.27 bits per heavy atom. The number of carbonyl (C=O) groups excluding carboxylic acids is 3. The summed E-state index contributed by atoms with van der Waals surface area (Å²) in [7, 11) is 1.61. The van der Waals surface area contributed by atoms with Gasteiger partial charge < -0.3 is 19.9 Å². The maximum absolute atomic E-state index is 13.9. The zero-order valence-electron chi connectivity index (χ0n) is 18.5. The second kappa shape index (κ2) is 7.51. The van der Waals surface area contributed by atoms with Gasteiger partial charge in [0.05, 0.1) is 24.1 Å². The fourth-order valence-electron chi connectivity index (χ4n) is 4.88. The third-order valence-electron chi connectivity index (χ3n) is 6.56. The Balaban J connectivity index is 1.62. The summed E-state index contributed by atoms with van der Waals surface area (Å²) in [5, 5.41) is 3.70. The molecule has 1 saturated heterocycles. The Hall–Kier alpha value is -4.07. The summed E-state index contributed by atoms with van der Waals surface area (Å²) in [4.78, 5) is 46.2. The van der Waals surface area contributed by atoms with E-state index in [-0.39, 0.29) is 23.7 Å². The Morgan fingerprint density at radius 3 is 2.82 bits per heavy atom. The number of anilines is 1. The average Bonchev–Trinajstić information content (AvgIpc) is 3.30. The van der Waals surface area contributed by atoms with E-state index in [4.69, 9.17) is 4.74 Å². The third-order valence-corrected chi connectivity index (χ3v) is 6.56. The zero-order chi connectivity index (χ0) is 23.3. The molecule has 8 heteroatoms. The lowest BCUT2D eigenvalue weighted by Crippen LogP contribution is -2.49. The minimum Gasteiger partial charge on any atom is -0.497 e. The first-order valence-electron chi connectivity index (χ1n) is 10.7. The minimum atomic E-state index is -1.21. The van der Waals surface area contributed by atoms with Crippen LogP contribution in [0.5, 0.6) is 5.75 Å². The number of fused-ring (bicyclic) bond motifs is 5. The molecule has 4 amide bonds. The number of H-pyrrole nitrogens is 1. The van der Waals surface area contributed by atoms with Crippen LogP contribution in [0.2, 0.25) is 0 Å². The number of benzene rings is 2. The molecule has 168 valence electrons. The molecule has 2 N–H and O–H groups in total. The molecular weight excluding hydrogens is 420 g/mol. The van der Waals surface area contributed by atoms with E-state index in [1.54, 1.807) is 49.3 Å². The van der Waals surface area contributed by atoms with Gasteiger partial charge in [-0.3, -0.25) is 9.59 Å². The normalized spacial score (nSPS) is 19.5. The predicted molar refractivity (Wildman–Crippen MR) is 124 cm³/mol. The lowest BCUT2D eigenvalue weighted by atomic mass is 9.87. The smallest absolute Gasteiger partial charge is 0.332 e. The number of nitrogens with one attached hydrogen (secondary N) is 2. The fraction of sp³-hybridized carbons (Fsp3) is 0.240. The molecule has 0 radical (unpaired) electrons. The van der Waals surface area contributed by atoms with Gasteiger partial charge in [0.15, 0.2) is 5.54 Å². The first-order chi connectivity index (χ1) is 15.9. The molecule has 1 aromatic heterocycles. The van der Waals surface area contributed by atoms with Gasteiger partial charge in [-0.2, -0.15) is 0 Å². The topological polar surface area (TPSA) is 94.7 Å². The van der Waals surface area contributed by atoms with Gasteiger partial charge in [0.25, 0.3) is 11.8 Å². The highest BCUT2D eigenvalue weighted by Gasteiger charge is 2.59. The van der Waals surface area contributed by atoms with Crippen LogP contribution < -0.4 is 15.0 Å². The molecule has 0 bridgehead atoms. The minimum absolute atomic E-state index is 0.256. The molecule has 0 saturated carbocycles. The van der Waals surface area contributed by atoms with Crippen molar-refractivity contribution in [3.63, 3.8) is 0 Å². The van der Waals surface area contributed by atoms with Crippen LogP contribution in [0.15, 0.2) is 55.1 Å². The van der Waals surface area contributed by atoms with Crippen LogP contribution in [0.4, 0.5) is 10.5 Å². The number of aromatic nitrogens is 1. The van der Waals surface area contributed by atoms with Crippen LogP contribution in [-0.2, 0) is 16.8 Å². The van der Waals surface area contributed by atoms with Gasteiger partial charge in [-0.1, -0.05) is 18.2 Å². The van der Waals surface area contributed by atoms with Crippen molar-refractivity contribution >= 4 is 34.4 Å². The monoisotopic (exact) mass is 444 g/mol. The lowest BCUT2D eigenvalue weighted by Gasteiger charge is -2.35. The largest absolute Gasteiger partial charge is 0.497 e. The molecule has 2 aromatic carbocycles. The molecule has 8 nitrogen and oxygen atoms in total. The molecule has 3 aromatic rings. The van der Waals surface area contributed by atoms with E-state index in [1.807, 2.05) is 18.2 Å². The van der Waals surface area contributed by atoms with E-state index in [2.05, 4.69) is 16.9 Å². The summed E-state index contributed by atoms with van der Waals surface area (Å²) in [6.07, 6.45) is 2.17. The van der Waals surface area contributed by atoms with Crippen LogP contribution in [-0.4, -0.2) is 47.9 Å². The van der Waals surface area contributed by atoms with Crippen molar-refractivity contribution in [2.24, 2.45) is 0 Å². The van der Waals surface area contributed by atoms with E-state index in [0.29, 0.717) is 18.7 Å². The summed E-state index contributed by atoms with van der Waals surface area (Å²) in [6.45, 7) is 6.04. The number of ether oxygens (including phenoxy) is 1. The van der Waals surface area contributed by atoms with Gasteiger partial charge >= 0.3 is 6.03 Å². The molecule has 5 rings (SSSR count). The molecule has 1 unspecified atom stereocenters. The van der Waals surface area contributed by atoms with E-state index in [0.717, 1.165) is 27.1 Å². The number of imide groups is 1. The Morgan fingerprint density at radius 2 is 2.06 bits per heavy atom. The van der Waals surface area contributed by atoms with Crippen molar-refractivity contribution in [1.82, 2.24) is 15.2 Å². The number of para-hydroxylation sites is 1.